The van der Waals surface area contributed by atoms with E-state index in [0.29, 0.717) is 6.61 Å². The van der Waals surface area contributed by atoms with Gasteiger partial charge in [0.15, 0.2) is 0 Å². The van der Waals surface area contributed by atoms with Gasteiger partial charge in [-0.05, 0) is 18.1 Å². The molecular formula is C19H21N5O. The van der Waals surface area contributed by atoms with Crippen LogP contribution >= 0.6 is 0 Å². The van der Waals surface area contributed by atoms with Crippen LogP contribution in [0, 0.1) is 6.92 Å². The van der Waals surface area contributed by atoms with Crippen molar-refractivity contribution in [3.63, 3.8) is 0 Å². The number of rotatable bonds is 3. The molecule has 0 unspecified atom stereocenters. The van der Waals surface area contributed by atoms with E-state index in [0.717, 1.165) is 35.9 Å². The fourth-order valence-electron chi connectivity index (χ4n) is 3.12. The number of aromatic nitrogens is 4. The molecule has 1 aliphatic rings. The molecule has 3 aromatic rings. The van der Waals surface area contributed by atoms with Gasteiger partial charge in [-0.3, -0.25) is 4.68 Å². The van der Waals surface area contributed by atoms with Crippen LogP contribution in [0.25, 0.3) is 11.3 Å². The third-order valence-electron chi connectivity index (χ3n) is 4.46. The van der Waals surface area contributed by atoms with Gasteiger partial charge in [-0.1, -0.05) is 30.3 Å². The molecule has 0 amide bonds. The summed E-state index contributed by atoms with van der Waals surface area (Å²) < 4.78 is 7.74. The molecule has 0 N–H and O–H groups in total. The molecule has 0 spiro atoms. The predicted molar refractivity (Wildman–Crippen MR) is 96.3 cm³/mol. The van der Waals surface area contributed by atoms with Gasteiger partial charge >= 0.3 is 0 Å². The van der Waals surface area contributed by atoms with Crippen molar-refractivity contribution in [2.75, 3.05) is 24.6 Å². The second kappa shape index (κ2) is 6.64. The Morgan fingerprint density at radius 2 is 2.00 bits per heavy atom. The number of hydrogen-bond donors (Lipinski definition) is 0. The number of ether oxygens (including phenoxy) is 1. The molecule has 1 fully saturated rings. The molecule has 0 bridgehead atoms. The van der Waals surface area contributed by atoms with Gasteiger partial charge in [0.1, 0.15) is 6.10 Å². The second-order valence-electron chi connectivity index (χ2n) is 6.32. The molecular weight excluding hydrogens is 314 g/mol. The molecule has 2 aromatic heterocycles. The molecule has 25 heavy (non-hydrogen) atoms. The first-order valence-electron chi connectivity index (χ1n) is 8.45. The number of morpholine rings is 1. The summed E-state index contributed by atoms with van der Waals surface area (Å²) in [6, 6.07) is 10.3. The zero-order chi connectivity index (χ0) is 17.2. The lowest BCUT2D eigenvalue weighted by molar-refractivity contribution is 0.0392. The molecule has 6 nitrogen and oxygen atoms in total. The SMILES string of the molecule is Cc1cnc(N2CCO[C@@H](c3ccccc3)C2)nc1-c1cnn(C)c1. The first-order chi connectivity index (χ1) is 12.2. The van der Waals surface area contributed by atoms with Gasteiger partial charge in [-0.15, -0.1) is 0 Å². The number of nitrogens with zero attached hydrogens (tertiary/aromatic N) is 5. The molecule has 0 radical (unpaired) electrons. The van der Waals surface area contributed by atoms with E-state index in [1.807, 2.05) is 50.8 Å². The van der Waals surface area contributed by atoms with E-state index >= 15 is 0 Å². The Bertz CT molecular complexity index is 861. The van der Waals surface area contributed by atoms with Crippen LogP contribution in [0.1, 0.15) is 17.2 Å². The summed E-state index contributed by atoms with van der Waals surface area (Å²) in [5.74, 6) is 0.744. The molecule has 6 heteroatoms. The third kappa shape index (κ3) is 3.25. The minimum Gasteiger partial charge on any atom is -0.370 e. The maximum Gasteiger partial charge on any atom is 0.226 e. The lowest BCUT2D eigenvalue weighted by atomic mass is 10.1. The first kappa shape index (κ1) is 15.8. The van der Waals surface area contributed by atoms with Crippen molar-refractivity contribution in [3.05, 3.63) is 60.0 Å². The first-order valence-corrected chi connectivity index (χ1v) is 8.45. The highest BCUT2D eigenvalue weighted by molar-refractivity contribution is 5.62. The minimum absolute atomic E-state index is 0.0432. The summed E-state index contributed by atoms with van der Waals surface area (Å²) in [6.07, 6.45) is 5.75. The molecule has 1 atom stereocenters. The maximum atomic E-state index is 5.95. The van der Waals surface area contributed by atoms with Crippen molar-refractivity contribution in [3.8, 4) is 11.3 Å². The molecule has 1 aliphatic heterocycles. The van der Waals surface area contributed by atoms with E-state index in [1.165, 1.54) is 5.56 Å². The zero-order valence-corrected chi connectivity index (χ0v) is 14.5. The summed E-state index contributed by atoms with van der Waals surface area (Å²) >= 11 is 0. The Morgan fingerprint density at radius 1 is 1.16 bits per heavy atom. The van der Waals surface area contributed by atoms with Crippen LogP contribution in [0.5, 0.6) is 0 Å². The van der Waals surface area contributed by atoms with E-state index in [2.05, 4.69) is 27.1 Å². The largest absolute Gasteiger partial charge is 0.370 e. The molecule has 1 saturated heterocycles. The van der Waals surface area contributed by atoms with Crippen LogP contribution in [-0.4, -0.2) is 39.4 Å². The number of aryl methyl sites for hydroxylation is 2. The van der Waals surface area contributed by atoms with Crippen LogP contribution < -0.4 is 4.90 Å². The summed E-state index contributed by atoms with van der Waals surface area (Å²) in [7, 11) is 1.91. The lowest BCUT2D eigenvalue weighted by Gasteiger charge is -2.33. The summed E-state index contributed by atoms with van der Waals surface area (Å²) in [6.45, 7) is 4.23. The molecule has 0 aliphatic carbocycles. The normalized spacial score (nSPS) is 17.7. The molecule has 3 heterocycles. The smallest absolute Gasteiger partial charge is 0.226 e. The lowest BCUT2D eigenvalue weighted by Crippen LogP contribution is -2.39. The molecule has 0 saturated carbocycles. The van der Waals surface area contributed by atoms with Crippen LogP contribution in [-0.2, 0) is 11.8 Å². The highest BCUT2D eigenvalue weighted by Crippen LogP contribution is 2.26. The number of anilines is 1. The van der Waals surface area contributed by atoms with Crippen molar-refractivity contribution >= 4 is 5.95 Å². The fourth-order valence-corrected chi connectivity index (χ4v) is 3.12. The van der Waals surface area contributed by atoms with Crippen LogP contribution in [0.3, 0.4) is 0 Å². The third-order valence-corrected chi connectivity index (χ3v) is 4.46. The number of benzene rings is 1. The summed E-state index contributed by atoms with van der Waals surface area (Å²) in [5, 5.41) is 4.25. The monoisotopic (exact) mass is 335 g/mol. The molecule has 128 valence electrons. The Hall–Kier alpha value is -2.73. The van der Waals surface area contributed by atoms with E-state index in [4.69, 9.17) is 9.72 Å². The van der Waals surface area contributed by atoms with Gasteiger partial charge < -0.3 is 9.64 Å². The van der Waals surface area contributed by atoms with Crippen molar-refractivity contribution in [2.45, 2.75) is 13.0 Å². The van der Waals surface area contributed by atoms with Gasteiger partial charge in [-0.2, -0.15) is 5.10 Å². The number of hydrogen-bond acceptors (Lipinski definition) is 5. The standard InChI is InChI=1S/C19H21N5O/c1-14-10-20-19(22-18(14)16-11-21-23(2)12-16)24-8-9-25-17(13-24)15-6-4-3-5-7-15/h3-7,10-12,17H,8-9,13H2,1-2H3/t17-/m1/s1. The highest BCUT2D eigenvalue weighted by atomic mass is 16.5. The van der Waals surface area contributed by atoms with Gasteiger partial charge in [-0.25, -0.2) is 9.97 Å². The zero-order valence-electron chi connectivity index (χ0n) is 14.5. The van der Waals surface area contributed by atoms with E-state index in [1.54, 1.807) is 4.68 Å². The maximum absolute atomic E-state index is 5.95. The van der Waals surface area contributed by atoms with Crippen LogP contribution in [0.4, 0.5) is 5.95 Å². The Morgan fingerprint density at radius 3 is 2.76 bits per heavy atom. The molecule has 1 aromatic carbocycles. The van der Waals surface area contributed by atoms with Crippen LogP contribution in [0.2, 0.25) is 0 Å². The Kier molecular flexibility index (Phi) is 4.19. The fraction of sp³-hybridized carbons (Fsp3) is 0.316. The van der Waals surface area contributed by atoms with E-state index in [9.17, 15) is 0 Å². The summed E-state index contributed by atoms with van der Waals surface area (Å²) in [4.78, 5) is 11.6. The van der Waals surface area contributed by atoms with Gasteiger partial charge in [0.25, 0.3) is 0 Å². The Labute approximate surface area is 147 Å². The van der Waals surface area contributed by atoms with Gasteiger partial charge in [0, 0.05) is 31.5 Å². The average molecular weight is 335 g/mol. The van der Waals surface area contributed by atoms with Crippen molar-refractivity contribution < 1.29 is 4.74 Å². The quantitative estimate of drug-likeness (QED) is 0.737. The average Bonchev–Trinajstić information content (AvgIpc) is 3.09. The van der Waals surface area contributed by atoms with Gasteiger partial charge in [0.2, 0.25) is 5.95 Å². The second-order valence-corrected chi connectivity index (χ2v) is 6.32. The van der Waals surface area contributed by atoms with Crippen molar-refractivity contribution in [1.82, 2.24) is 19.7 Å². The molecule has 4 rings (SSSR count). The Balaban J connectivity index is 1.61. The minimum atomic E-state index is 0.0432. The topological polar surface area (TPSA) is 56.1 Å². The highest BCUT2D eigenvalue weighted by Gasteiger charge is 2.24. The van der Waals surface area contributed by atoms with Crippen molar-refractivity contribution in [1.29, 1.82) is 0 Å². The van der Waals surface area contributed by atoms with Crippen LogP contribution in [0.15, 0.2) is 48.9 Å². The predicted octanol–water partition coefficient (Wildman–Crippen LogP) is 2.76. The van der Waals surface area contributed by atoms with Crippen molar-refractivity contribution in [2.24, 2.45) is 7.05 Å². The van der Waals surface area contributed by atoms with E-state index in [-0.39, 0.29) is 6.10 Å². The van der Waals surface area contributed by atoms with Gasteiger partial charge in [0.05, 0.1) is 25.0 Å². The van der Waals surface area contributed by atoms with E-state index < -0.39 is 0 Å². The summed E-state index contributed by atoms with van der Waals surface area (Å²) in [5.41, 5.74) is 4.17.